The van der Waals surface area contributed by atoms with E-state index in [0.717, 1.165) is 59.8 Å². The van der Waals surface area contributed by atoms with E-state index < -0.39 is 5.60 Å². The number of hydrogen-bond donors (Lipinski definition) is 0. The van der Waals surface area contributed by atoms with Gasteiger partial charge < -0.3 is 9.64 Å². The Kier molecular flexibility index (Phi) is 7.04. The van der Waals surface area contributed by atoms with E-state index >= 15 is 0 Å². The lowest BCUT2D eigenvalue weighted by Gasteiger charge is -2.29. The lowest BCUT2D eigenvalue weighted by molar-refractivity contribution is -0.153. The van der Waals surface area contributed by atoms with E-state index in [1.54, 1.807) is 0 Å². The van der Waals surface area contributed by atoms with Crippen molar-refractivity contribution in [1.29, 1.82) is 0 Å². The van der Waals surface area contributed by atoms with Crippen molar-refractivity contribution in [2.24, 2.45) is 0 Å². The highest BCUT2D eigenvalue weighted by Gasteiger charge is 2.20. The lowest BCUT2D eigenvalue weighted by Crippen LogP contribution is -2.28. The van der Waals surface area contributed by atoms with Gasteiger partial charge in [0.2, 0.25) is 0 Å². The Morgan fingerprint density at radius 2 is 1.92 bits per heavy atom. The Hall–Kier alpha value is -1.19. The van der Waals surface area contributed by atoms with Crippen LogP contribution in [0.4, 0.5) is 5.69 Å². The van der Waals surface area contributed by atoms with Crippen molar-refractivity contribution in [2.45, 2.75) is 65.9 Å². The highest BCUT2D eigenvalue weighted by molar-refractivity contribution is 6.39. The van der Waals surface area contributed by atoms with Crippen molar-refractivity contribution in [3.63, 3.8) is 0 Å². The molecule has 0 amide bonds. The Labute approximate surface area is 167 Å². The number of carbonyl (C=O) groups is 1. The summed E-state index contributed by atoms with van der Waals surface area (Å²) in [6.45, 7) is 11.4. The number of benzene rings is 1. The molecule has 144 valence electrons. The molecule has 0 aliphatic carbocycles. The molecular weight excluding hydrogens is 369 g/mol. The summed E-state index contributed by atoms with van der Waals surface area (Å²) in [5.41, 5.74) is 3.84. The molecule has 0 saturated heterocycles. The van der Waals surface area contributed by atoms with Crippen LogP contribution in [-0.4, -0.2) is 24.7 Å². The monoisotopic (exact) mass is 397 g/mol. The van der Waals surface area contributed by atoms with Gasteiger partial charge in [-0.15, -0.1) is 0 Å². The molecule has 1 aliphatic rings. The van der Waals surface area contributed by atoms with E-state index in [0.29, 0.717) is 11.4 Å². The van der Waals surface area contributed by atoms with E-state index in [1.165, 1.54) is 0 Å². The number of halogens is 2. The third kappa shape index (κ3) is 5.65. The molecule has 0 spiro atoms. The first-order chi connectivity index (χ1) is 12.1. The molecule has 1 aromatic rings. The summed E-state index contributed by atoms with van der Waals surface area (Å²) in [5.74, 6) is -0.151. The van der Waals surface area contributed by atoms with Gasteiger partial charge in [0.15, 0.2) is 0 Å². The minimum atomic E-state index is -0.438. The van der Waals surface area contributed by atoms with Crippen LogP contribution in [0.3, 0.4) is 0 Å². The van der Waals surface area contributed by atoms with Gasteiger partial charge in [0, 0.05) is 13.1 Å². The first-order valence-corrected chi connectivity index (χ1v) is 9.94. The molecule has 0 saturated carbocycles. The number of hydrogen-bond acceptors (Lipinski definition) is 3. The van der Waals surface area contributed by atoms with E-state index in [1.807, 2.05) is 40.7 Å². The summed E-state index contributed by atoms with van der Waals surface area (Å²) in [4.78, 5) is 14.3. The van der Waals surface area contributed by atoms with Crippen LogP contribution in [0.2, 0.25) is 10.0 Å². The van der Waals surface area contributed by atoms with Gasteiger partial charge in [-0.05, 0) is 71.1 Å². The minimum Gasteiger partial charge on any atom is -0.460 e. The fraction of sp³-hybridized carbons (Fsp3) is 0.571. The smallest absolute Gasteiger partial charge is 0.310 e. The largest absolute Gasteiger partial charge is 0.460 e. The van der Waals surface area contributed by atoms with Crippen LogP contribution in [0.15, 0.2) is 17.7 Å². The number of esters is 1. The normalized spacial score (nSPS) is 16.0. The van der Waals surface area contributed by atoms with Gasteiger partial charge in [0.05, 0.1) is 22.2 Å². The van der Waals surface area contributed by atoms with Crippen molar-refractivity contribution in [3.05, 3.63) is 38.9 Å². The molecule has 0 N–H and O–H groups in total. The van der Waals surface area contributed by atoms with Crippen molar-refractivity contribution < 1.29 is 9.53 Å². The predicted molar refractivity (Wildman–Crippen MR) is 111 cm³/mol. The molecule has 26 heavy (non-hydrogen) atoms. The van der Waals surface area contributed by atoms with Gasteiger partial charge >= 0.3 is 5.97 Å². The highest BCUT2D eigenvalue weighted by atomic mass is 35.5. The average Bonchev–Trinajstić information content (AvgIpc) is 2.47. The summed E-state index contributed by atoms with van der Waals surface area (Å²) in [6.07, 6.45) is 5.24. The highest BCUT2D eigenvalue weighted by Crippen LogP contribution is 2.38. The molecule has 1 heterocycles. The SMILES string of the molecule is Cc1cc(Cl)c(N2CCC=C(CC(=O)OC(C)(C)C)CCC2)c(Cl)c1C. The maximum absolute atomic E-state index is 12.1. The van der Waals surface area contributed by atoms with Gasteiger partial charge in [0.25, 0.3) is 0 Å². The maximum atomic E-state index is 12.1. The molecule has 3 nitrogen and oxygen atoms in total. The molecular formula is C21H29Cl2NO2. The van der Waals surface area contributed by atoms with E-state index in [2.05, 4.69) is 11.0 Å². The molecule has 0 unspecified atom stereocenters. The zero-order valence-electron chi connectivity index (χ0n) is 16.4. The van der Waals surface area contributed by atoms with E-state index in [4.69, 9.17) is 27.9 Å². The lowest BCUT2D eigenvalue weighted by atomic mass is 10.0. The third-order valence-electron chi connectivity index (χ3n) is 4.56. The van der Waals surface area contributed by atoms with Crippen LogP contribution in [0.25, 0.3) is 0 Å². The number of rotatable bonds is 3. The zero-order chi connectivity index (χ0) is 19.5. The fourth-order valence-electron chi connectivity index (χ4n) is 3.19. The summed E-state index contributed by atoms with van der Waals surface area (Å²) in [5, 5.41) is 1.45. The number of ether oxygens (including phenoxy) is 1. The Bertz CT molecular complexity index is 705. The molecule has 0 radical (unpaired) electrons. The first kappa shape index (κ1) is 21.1. The molecule has 1 aliphatic heterocycles. The van der Waals surface area contributed by atoms with Gasteiger partial charge in [-0.1, -0.05) is 34.9 Å². The Balaban J connectivity index is 2.07. The van der Waals surface area contributed by atoms with Crippen molar-refractivity contribution >= 4 is 34.9 Å². The third-order valence-corrected chi connectivity index (χ3v) is 5.31. The van der Waals surface area contributed by atoms with Crippen LogP contribution in [-0.2, 0) is 9.53 Å². The molecule has 0 bridgehead atoms. The minimum absolute atomic E-state index is 0.151. The number of carbonyl (C=O) groups excluding carboxylic acids is 1. The van der Waals surface area contributed by atoms with E-state index in [-0.39, 0.29) is 5.97 Å². The Morgan fingerprint density at radius 3 is 2.58 bits per heavy atom. The summed E-state index contributed by atoms with van der Waals surface area (Å²) in [6, 6.07) is 1.99. The summed E-state index contributed by atoms with van der Waals surface area (Å²) >= 11 is 13.1. The van der Waals surface area contributed by atoms with Crippen molar-refractivity contribution in [1.82, 2.24) is 0 Å². The quantitative estimate of drug-likeness (QED) is 0.445. The first-order valence-electron chi connectivity index (χ1n) is 9.18. The van der Waals surface area contributed by atoms with Crippen LogP contribution in [0.1, 0.15) is 57.6 Å². The predicted octanol–water partition coefficient (Wildman–Crippen LogP) is 6.26. The topological polar surface area (TPSA) is 29.5 Å². The second-order valence-electron chi connectivity index (χ2n) is 7.97. The Morgan fingerprint density at radius 1 is 1.23 bits per heavy atom. The molecule has 0 aromatic heterocycles. The van der Waals surface area contributed by atoms with Crippen LogP contribution in [0, 0.1) is 13.8 Å². The van der Waals surface area contributed by atoms with Gasteiger partial charge in [0.1, 0.15) is 5.60 Å². The number of nitrogens with zero attached hydrogens (tertiary/aromatic N) is 1. The fourth-order valence-corrected chi connectivity index (χ4v) is 3.99. The van der Waals surface area contributed by atoms with Crippen LogP contribution < -0.4 is 4.90 Å². The summed E-state index contributed by atoms with van der Waals surface area (Å²) in [7, 11) is 0. The molecule has 5 heteroatoms. The second kappa shape index (κ2) is 8.67. The summed E-state index contributed by atoms with van der Waals surface area (Å²) < 4.78 is 5.43. The average molecular weight is 398 g/mol. The van der Waals surface area contributed by atoms with Crippen molar-refractivity contribution in [3.8, 4) is 0 Å². The molecule has 1 aromatic carbocycles. The van der Waals surface area contributed by atoms with Crippen LogP contribution >= 0.6 is 23.2 Å². The molecule has 0 atom stereocenters. The zero-order valence-corrected chi connectivity index (χ0v) is 17.9. The standard InChI is InChI=1S/C21H29Cl2NO2/c1-14-12-17(22)20(19(23)15(14)2)24-10-6-8-16(9-7-11-24)13-18(25)26-21(3,4)5/h8,12H,6-7,9-11,13H2,1-5H3. The van der Waals surface area contributed by atoms with Gasteiger partial charge in [-0.2, -0.15) is 0 Å². The molecule has 2 rings (SSSR count). The van der Waals surface area contributed by atoms with E-state index in [9.17, 15) is 4.79 Å². The van der Waals surface area contributed by atoms with Gasteiger partial charge in [-0.25, -0.2) is 0 Å². The van der Waals surface area contributed by atoms with Gasteiger partial charge in [-0.3, -0.25) is 4.79 Å². The van der Waals surface area contributed by atoms with Crippen molar-refractivity contribution in [2.75, 3.05) is 18.0 Å². The number of aryl methyl sites for hydroxylation is 1. The second-order valence-corrected chi connectivity index (χ2v) is 8.75. The van der Waals surface area contributed by atoms with Crippen LogP contribution in [0.5, 0.6) is 0 Å². The maximum Gasteiger partial charge on any atom is 0.310 e. The number of anilines is 1. The molecule has 0 fully saturated rings.